The van der Waals surface area contributed by atoms with Crippen LogP contribution in [-0.4, -0.2) is 35.0 Å². The Balaban J connectivity index is 1.70. The molecule has 2 aromatic carbocycles. The van der Waals surface area contributed by atoms with Crippen molar-refractivity contribution in [2.75, 3.05) is 13.4 Å². The lowest BCUT2D eigenvalue weighted by Gasteiger charge is -2.25. The van der Waals surface area contributed by atoms with Gasteiger partial charge in [0.25, 0.3) is 11.2 Å². The maximum atomic E-state index is 13.8. The van der Waals surface area contributed by atoms with Crippen LogP contribution in [0, 0.1) is 10.1 Å². The molecule has 11 nitrogen and oxygen atoms in total. The van der Waals surface area contributed by atoms with Crippen LogP contribution in [0.4, 0.5) is 5.69 Å². The summed E-state index contributed by atoms with van der Waals surface area (Å²) in [6.45, 7) is 7.50. The van der Waals surface area contributed by atoms with Crippen molar-refractivity contribution in [2.45, 2.75) is 39.8 Å². The molecule has 0 aliphatic carbocycles. The molecular weight excluding hydrogens is 526 g/mol. The fourth-order valence-electron chi connectivity index (χ4n) is 4.45. The van der Waals surface area contributed by atoms with Crippen molar-refractivity contribution >= 4 is 29.1 Å². The van der Waals surface area contributed by atoms with Crippen molar-refractivity contribution < 1.29 is 28.7 Å². The fraction of sp³-hybridized carbons (Fsp3) is 0.296. The third-order valence-corrected chi connectivity index (χ3v) is 7.08. The van der Waals surface area contributed by atoms with Crippen molar-refractivity contribution in [1.29, 1.82) is 0 Å². The smallest absolute Gasteiger partial charge is 0.338 e. The largest absolute Gasteiger partial charge is 0.494 e. The zero-order valence-electron chi connectivity index (χ0n) is 21.6. The van der Waals surface area contributed by atoms with Crippen LogP contribution in [0.5, 0.6) is 17.2 Å². The molecule has 3 aromatic rings. The molecule has 0 unspecified atom stereocenters. The standard InChI is InChI=1S/C27H25N3O8S/c1-5-35-18-8-6-16(7-9-18)24-23(26(32)38-14(2)3)15(4)28-27-29(24)25(31)22(39-27)11-17-10-20-21(37-13-36-20)12-19(17)30(33)34/h6-12,14,24H,5,13H2,1-4H3/b22-11+/t24-/m0/s1. The van der Waals surface area contributed by atoms with E-state index in [9.17, 15) is 19.7 Å². The summed E-state index contributed by atoms with van der Waals surface area (Å²) in [4.78, 5) is 43.2. The first-order valence-electron chi connectivity index (χ1n) is 12.2. The number of esters is 1. The zero-order valence-corrected chi connectivity index (χ0v) is 22.4. The van der Waals surface area contributed by atoms with Gasteiger partial charge in [0.2, 0.25) is 6.79 Å². The highest BCUT2D eigenvalue weighted by atomic mass is 32.1. The molecule has 0 fully saturated rings. The second-order valence-electron chi connectivity index (χ2n) is 9.06. The van der Waals surface area contributed by atoms with Crippen molar-refractivity contribution in [3.63, 3.8) is 0 Å². The number of nitro benzene ring substituents is 1. The Morgan fingerprint density at radius 1 is 1.26 bits per heavy atom. The zero-order chi connectivity index (χ0) is 27.8. The Morgan fingerprint density at radius 3 is 2.59 bits per heavy atom. The van der Waals surface area contributed by atoms with Crippen LogP contribution in [0.1, 0.15) is 44.9 Å². The molecule has 2 aliphatic rings. The predicted octanol–water partition coefficient (Wildman–Crippen LogP) is 3.22. The van der Waals surface area contributed by atoms with Crippen LogP contribution in [-0.2, 0) is 9.53 Å². The van der Waals surface area contributed by atoms with Crippen LogP contribution in [0.15, 0.2) is 57.5 Å². The van der Waals surface area contributed by atoms with E-state index in [1.54, 1.807) is 45.0 Å². The van der Waals surface area contributed by atoms with Gasteiger partial charge in [-0.15, -0.1) is 0 Å². The first-order chi connectivity index (χ1) is 18.7. The molecule has 0 radical (unpaired) electrons. The quantitative estimate of drug-likeness (QED) is 0.248. The fourth-order valence-corrected chi connectivity index (χ4v) is 5.49. The van der Waals surface area contributed by atoms with Gasteiger partial charge < -0.3 is 18.9 Å². The van der Waals surface area contributed by atoms with Gasteiger partial charge in [-0.25, -0.2) is 9.79 Å². The molecule has 1 aromatic heterocycles. The molecule has 202 valence electrons. The number of nitrogens with zero attached hydrogens (tertiary/aromatic N) is 3. The van der Waals surface area contributed by atoms with Gasteiger partial charge >= 0.3 is 5.97 Å². The number of benzene rings is 2. The summed E-state index contributed by atoms with van der Waals surface area (Å²) < 4.78 is 23.3. The van der Waals surface area contributed by atoms with Crippen LogP contribution in [0.3, 0.4) is 0 Å². The Labute approximate surface area is 226 Å². The number of nitro groups is 1. The van der Waals surface area contributed by atoms with Gasteiger partial charge in [0.15, 0.2) is 16.3 Å². The van der Waals surface area contributed by atoms with Gasteiger partial charge in [0, 0.05) is 0 Å². The number of rotatable bonds is 7. The predicted molar refractivity (Wildman–Crippen MR) is 142 cm³/mol. The van der Waals surface area contributed by atoms with Crippen molar-refractivity contribution in [1.82, 2.24) is 4.57 Å². The van der Waals surface area contributed by atoms with E-state index < -0.39 is 22.5 Å². The Bertz CT molecular complexity index is 1690. The number of hydrogen-bond donors (Lipinski definition) is 0. The van der Waals surface area contributed by atoms with Crippen molar-refractivity contribution in [3.8, 4) is 17.2 Å². The summed E-state index contributed by atoms with van der Waals surface area (Å²) in [5.74, 6) is 0.683. The monoisotopic (exact) mass is 551 g/mol. The van der Waals surface area contributed by atoms with E-state index in [0.29, 0.717) is 34.2 Å². The molecule has 0 amide bonds. The molecule has 12 heteroatoms. The summed E-state index contributed by atoms with van der Waals surface area (Å²) in [7, 11) is 0. The SMILES string of the molecule is CCOc1ccc([C@H]2C(C(=O)OC(C)C)=C(C)N=c3s/c(=C/c4cc5c(cc4[N+](=O)[O-])OCO5)c(=O)n32)cc1. The van der Waals surface area contributed by atoms with E-state index in [1.807, 2.05) is 6.92 Å². The second kappa shape index (κ2) is 10.4. The van der Waals surface area contributed by atoms with Gasteiger partial charge in [-0.05, 0) is 57.5 Å². The molecule has 0 saturated carbocycles. The number of ether oxygens (including phenoxy) is 4. The molecule has 2 aliphatic heterocycles. The molecule has 0 bridgehead atoms. The lowest BCUT2D eigenvalue weighted by molar-refractivity contribution is -0.385. The third-order valence-electron chi connectivity index (χ3n) is 6.10. The number of aromatic nitrogens is 1. The maximum Gasteiger partial charge on any atom is 0.338 e. The number of allylic oxidation sites excluding steroid dienone is 1. The number of thiazole rings is 1. The lowest BCUT2D eigenvalue weighted by atomic mass is 9.96. The van der Waals surface area contributed by atoms with Crippen LogP contribution >= 0.6 is 11.3 Å². The number of hydrogen-bond acceptors (Lipinski definition) is 10. The van der Waals surface area contributed by atoms with E-state index in [2.05, 4.69) is 4.99 Å². The summed E-state index contributed by atoms with van der Waals surface area (Å²) in [5.41, 5.74) is 0.812. The van der Waals surface area contributed by atoms with Crippen LogP contribution in [0.2, 0.25) is 0 Å². The average molecular weight is 552 g/mol. The number of fused-ring (bicyclic) bond motifs is 2. The van der Waals surface area contributed by atoms with Crippen LogP contribution in [0.25, 0.3) is 6.08 Å². The highest BCUT2D eigenvalue weighted by Crippen LogP contribution is 2.38. The van der Waals surface area contributed by atoms with Crippen molar-refractivity contribution in [2.24, 2.45) is 4.99 Å². The summed E-state index contributed by atoms with van der Waals surface area (Å²) in [6, 6.07) is 9.04. The third kappa shape index (κ3) is 4.90. The minimum atomic E-state index is -0.822. The average Bonchev–Trinajstić information content (AvgIpc) is 3.46. The van der Waals surface area contributed by atoms with Gasteiger partial charge in [-0.3, -0.25) is 19.5 Å². The van der Waals surface area contributed by atoms with Gasteiger partial charge in [-0.1, -0.05) is 23.5 Å². The second-order valence-corrected chi connectivity index (χ2v) is 10.1. The minimum Gasteiger partial charge on any atom is -0.494 e. The van der Waals surface area contributed by atoms with Crippen LogP contribution < -0.4 is 29.1 Å². The van der Waals surface area contributed by atoms with E-state index in [1.165, 1.54) is 22.8 Å². The van der Waals surface area contributed by atoms with Crippen molar-refractivity contribution in [3.05, 3.63) is 88.6 Å². The molecule has 0 spiro atoms. The topological polar surface area (TPSA) is 131 Å². The van der Waals surface area contributed by atoms with Gasteiger partial charge in [0.05, 0.1) is 51.1 Å². The molecule has 5 rings (SSSR count). The first kappa shape index (κ1) is 26.2. The van der Waals surface area contributed by atoms with E-state index in [-0.39, 0.29) is 40.0 Å². The van der Waals surface area contributed by atoms with E-state index >= 15 is 0 Å². The first-order valence-corrected chi connectivity index (χ1v) is 13.0. The maximum absolute atomic E-state index is 13.8. The molecule has 0 saturated heterocycles. The van der Waals surface area contributed by atoms with E-state index in [4.69, 9.17) is 18.9 Å². The molecule has 0 N–H and O–H groups in total. The lowest BCUT2D eigenvalue weighted by Crippen LogP contribution is -2.40. The Kier molecular flexibility index (Phi) is 6.96. The highest BCUT2D eigenvalue weighted by Gasteiger charge is 2.34. The summed E-state index contributed by atoms with van der Waals surface area (Å²) in [6.07, 6.45) is 1.06. The minimum absolute atomic E-state index is 0.0469. The highest BCUT2D eigenvalue weighted by molar-refractivity contribution is 7.07. The summed E-state index contributed by atoms with van der Waals surface area (Å²) >= 11 is 1.07. The molecule has 39 heavy (non-hydrogen) atoms. The molecule has 3 heterocycles. The number of carbonyl (C=O) groups is 1. The normalized spacial score (nSPS) is 16.2. The summed E-state index contributed by atoms with van der Waals surface area (Å²) in [5, 5.41) is 11.8. The molecular formula is C27H25N3O8S. The van der Waals surface area contributed by atoms with Gasteiger partial charge in [-0.2, -0.15) is 0 Å². The number of carbonyl (C=O) groups excluding carboxylic acids is 1. The Morgan fingerprint density at radius 2 is 1.95 bits per heavy atom. The van der Waals surface area contributed by atoms with Gasteiger partial charge in [0.1, 0.15) is 5.75 Å². The van der Waals surface area contributed by atoms with E-state index in [0.717, 1.165) is 11.3 Å². The molecule has 1 atom stereocenters. The Hall–Kier alpha value is -4.45.